The van der Waals surface area contributed by atoms with E-state index in [9.17, 15) is 4.79 Å². The van der Waals surface area contributed by atoms with E-state index < -0.39 is 0 Å². The molecule has 0 saturated carbocycles. The van der Waals surface area contributed by atoms with Crippen LogP contribution in [-0.4, -0.2) is 24.0 Å². The van der Waals surface area contributed by atoms with Crippen LogP contribution in [0.15, 0.2) is 30.2 Å². The number of benzene rings is 1. The average Bonchev–Trinajstić information content (AvgIpc) is 3.21. The minimum absolute atomic E-state index is 0.0393. The number of nitrogens with one attached hydrogen (secondary N) is 2. The lowest BCUT2D eigenvalue weighted by Gasteiger charge is -2.21. The summed E-state index contributed by atoms with van der Waals surface area (Å²) in [4.78, 5) is 12.5. The van der Waals surface area contributed by atoms with Crippen molar-refractivity contribution in [1.29, 1.82) is 0 Å². The molecular weight excluding hydrogens is 280 g/mol. The molecule has 2 saturated heterocycles. The van der Waals surface area contributed by atoms with Gasteiger partial charge < -0.3 is 10.6 Å². The number of thiophene rings is 1. The van der Waals surface area contributed by atoms with Crippen molar-refractivity contribution in [2.75, 3.05) is 0 Å². The van der Waals surface area contributed by atoms with E-state index in [2.05, 4.69) is 22.6 Å². The maximum absolute atomic E-state index is 12.5. The SMILES string of the molecule is C=Cc1csc2ccc(C(=O)N[C@@H]3C[C@H]4CC[C@@H]3N4)cc12. The van der Waals surface area contributed by atoms with Crippen LogP contribution in [0.3, 0.4) is 0 Å². The van der Waals surface area contributed by atoms with Gasteiger partial charge in [-0.15, -0.1) is 11.3 Å². The van der Waals surface area contributed by atoms with Gasteiger partial charge in [0.15, 0.2) is 0 Å². The third-order valence-corrected chi connectivity index (χ3v) is 5.68. The van der Waals surface area contributed by atoms with E-state index in [0.717, 1.165) is 22.9 Å². The lowest BCUT2D eigenvalue weighted by Crippen LogP contribution is -2.42. The highest BCUT2D eigenvalue weighted by molar-refractivity contribution is 7.17. The van der Waals surface area contributed by atoms with Crippen LogP contribution in [0.4, 0.5) is 0 Å². The van der Waals surface area contributed by atoms with Crippen molar-refractivity contribution in [2.45, 2.75) is 37.4 Å². The van der Waals surface area contributed by atoms with Gasteiger partial charge in [-0.2, -0.15) is 0 Å². The van der Waals surface area contributed by atoms with Crippen LogP contribution < -0.4 is 10.6 Å². The van der Waals surface area contributed by atoms with Gasteiger partial charge in [0.05, 0.1) is 0 Å². The van der Waals surface area contributed by atoms with Crippen molar-refractivity contribution < 1.29 is 4.79 Å². The van der Waals surface area contributed by atoms with Gasteiger partial charge in [0, 0.05) is 33.8 Å². The van der Waals surface area contributed by atoms with E-state index in [1.807, 2.05) is 24.3 Å². The summed E-state index contributed by atoms with van der Waals surface area (Å²) in [5.74, 6) is 0.0393. The standard InChI is InChI=1S/C17H18N2OS/c1-2-10-9-21-16-6-3-11(7-13(10)16)17(20)19-15-8-12-4-5-14(15)18-12/h2-3,6-7,9,12,14-15,18H,1,4-5,8H2,(H,19,20)/t12-,14+,15-/m1/s1. The number of fused-ring (bicyclic) bond motifs is 3. The molecule has 2 N–H and O–H groups in total. The Kier molecular flexibility index (Phi) is 3.08. The van der Waals surface area contributed by atoms with Crippen molar-refractivity contribution in [3.05, 3.63) is 41.3 Å². The molecule has 0 aliphatic carbocycles. The zero-order valence-corrected chi connectivity index (χ0v) is 12.6. The Balaban J connectivity index is 1.57. The molecule has 2 aliphatic heterocycles. The summed E-state index contributed by atoms with van der Waals surface area (Å²) >= 11 is 1.69. The number of hydrogen-bond acceptors (Lipinski definition) is 3. The van der Waals surface area contributed by atoms with Crippen LogP contribution in [-0.2, 0) is 0 Å². The quantitative estimate of drug-likeness (QED) is 0.914. The van der Waals surface area contributed by atoms with Crippen LogP contribution >= 0.6 is 11.3 Å². The van der Waals surface area contributed by atoms with E-state index >= 15 is 0 Å². The van der Waals surface area contributed by atoms with Crippen LogP contribution in [0.5, 0.6) is 0 Å². The Bertz CT molecular complexity index is 721. The second-order valence-corrected chi connectivity index (χ2v) is 6.88. The molecule has 3 atom stereocenters. The number of hydrogen-bond donors (Lipinski definition) is 2. The monoisotopic (exact) mass is 298 g/mol. The summed E-state index contributed by atoms with van der Waals surface area (Å²) in [5, 5.41) is 9.95. The summed E-state index contributed by atoms with van der Waals surface area (Å²) in [6, 6.07) is 7.29. The van der Waals surface area contributed by atoms with E-state index in [1.54, 1.807) is 11.3 Å². The van der Waals surface area contributed by atoms with Gasteiger partial charge in [-0.1, -0.05) is 12.7 Å². The largest absolute Gasteiger partial charge is 0.348 e. The maximum Gasteiger partial charge on any atom is 0.251 e. The summed E-state index contributed by atoms with van der Waals surface area (Å²) < 4.78 is 1.20. The van der Waals surface area contributed by atoms with Crippen molar-refractivity contribution in [3.8, 4) is 0 Å². The first-order valence-corrected chi connectivity index (χ1v) is 8.33. The smallest absolute Gasteiger partial charge is 0.251 e. The fourth-order valence-electron chi connectivity index (χ4n) is 3.58. The second kappa shape index (κ2) is 4.97. The Morgan fingerprint density at radius 3 is 3.05 bits per heavy atom. The number of carbonyl (C=O) groups excluding carboxylic acids is 1. The minimum Gasteiger partial charge on any atom is -0.348 e. The van der Waals surface area contributed by atoms with Crippen molar-refractivity contribution in [2.24, 2.45) is 0 Å². The van der Waals surface area contributed by atoms with Crippen molar-refractivity contribution in [3.63, 3.8) is 0 Å². The van der Waals surface area contributed by atoms with Gasteiger partial charge in [-0.05, 0) is 48.4 Å². The Labute approximate surface area is 128 Å². The number of carbonyl (C=O) groups is 1. The van der Waals surface area contributed by atoms with Crippen LogP contribution in [0.25, 0.3) is 16.2 Å². The van der Waals surface area contributed by atoms with Gasteiger partial charge >= 0.3 is 0 Å². The summed E-state index contributed by atoms with van der Waals surface area (Å²) in [7, 11) is 0. The van der Waals surface area contributed by atoms with Crippen LogP contribution in [0, 0.1) is 0 Å². The molecule has 4 rings (SSSR count). The Hall–Kier alpha value is -1.65. The van der Waals surface area contributed by atoms with Crippen molar-refractivity contribution in [1.82, 2.24) is 10.6 Å². The van der Waals surface area contributed by atoms with Gasteiger partial charge in [0.25, 0.3) is 5.91 Å². The fourth-order valence-corrected chi connectivity index (χ4v) is 4.51. The van der Waals surface area contributed by atoms with E-state index in [0.29, 0.717) is 12.1 Å². The molecular formula is C17H18N2OS. The molecule has 108 valence electrons. The van der Waals surface area contributed by atoms with Crippen molar-refractivity contribution >= 4 is 33.4 Å². The van der Waals surface area contributed by atoms with Gasteiger partial charge in [0.1, 0.15) is 0 Å². The Morgan fingerprint density at radius 2 is 2.33 bits per heavy atom. The molecule has 21 heavy (non-hydrogen) atoms. The molecule has 2 bridgehead atoms. The molecule has 1 amide bonds. The molecule has 2 aromatic rings. The first-order valence-electron chi connectivity index (χ1n) is 7.45. The predicted molar refractivity (Wildman–Crippen MR) is 87.7 cm³/mol. The first-order chi connectivity index (χ1) is 10.2. The molecule has 4 heteroatoms. The minimum atomic E-state index is 0.0393. The highest BCUT2D eigenvalue weighted by Crippen LogP contribution is 2.30. The third-order valence-electron chi connectivity index (χ3n) is 4.70. The molecule has 2 aliphatic rings. The molecule has 0 radical (unpaired) electrons. The van der Waals surface area contributed by atoms with Gasteiger partial charge in [-0.3, -0.25) is 4.79 Å². The molecule has 1 aromatic heterocycles. The summed E-state index contributed by atoms with van der Waals surface area (Å²) in [6.07, 6.45) is 5.34. The average molecular weight is 298 g/mol. The number of rotatable bonds is 3. The highest BCUT2D eigenvalue weighted by Gasteiger charge is 2.39. The molecule has 1 aromatic carbocycles. The second-order valence-electron chi connectivity index (χ2n) is 5.97. The molecule has 3 heterocycles. The normalized spacial score (nSPS) is 27.1. The molecule has 0 spiro atoms. The summed E-state index contributed by atoms with van der Waals surface area (Å²) in [6.45, 7) is 3.83. The Morgan fingerprint density at radius 1 is 1.43 bits per heavy atom. The zero-order valence-electron chi connectivity index (χ0n) is 11.8. The highest BCUT2D eigenvalue weighted by atomic mass is 32.1. The predicted octanol–water partition coefficient (Wildman–Crippen LogP) is 3.17. The van der Waals surface area contributed by atoms with Crippen LogP contribution in [0.2, 0.25) is 0 Å². The van der Waals surface area contributed by atoms with E-state index in [-0.39, 0.29) is 11.9 Å². The number of amides is 1. The third kappa shape index (κ3) is 2.19. The van der Waals surface area contributed by atoms with Gasteiger partial charge in [0.2, 0.25) is 0 Å². The van der Waals surface area contributed by atoms with Crippen LogP contribution in [0.1, 0.15) is 35.2 Å². The lowest BCUT2D eigenvalue weighted by atomic mass is 9.95. The first kappa shape index (κ1) is 13.0. The topological polar surface area (TPSA) is 41.1 Å². The summed E-state index contributed by atoms with van der Waals surface area (Å²) in [5.41, 5.74) is 1.85. The molecule has 0 unspecified atom stereocenters. The maximum atomic E-state index is 12.5. The van der Waals surface area contributed by atoms with E-state index in [1.165, 1.54) is 17.5 Å². The molecule has 3 nitrogen and oxygen atoms in total. The fraction of sp³-hybridized carbons (Fsp3) is 0.353. The lowest BCUT2D eigenvalue weighted by molar-refractivity contribution is 0.0931. The van der Waals surface area contributed by atoms with Gasteiger partial charge in [-0.25, -0.2) is 0 Å². The zero-order chi connectivity index (χ0) is 14.4. The molecule has 2 fully saturated rings. The van der Waals surface area contributed by atoms with E-state index in [4.69, 9.17) is 0 Å².